The Morgan fingerprint density at radius 2 is 2.02 bits per heavy atom. The number of fused-ring (bicyclic) bond motifs is 1. The Labute approximate surface area is 239 Å². The molecule has 41 heavy (non-hydrogen) atoms. The molecule has 0 aliphatic carbocycles. The van der Waals surface area contributed by atoms with Gasteiger partial charge in [0, 0.05) is 23.7 Å². The van der Waals surface area contributed by atoms with Gasteiger partial charge in [-0.05, 0) is 90.0 Å². The molecule has 2 amide bonds. The van der Waals surface area contributed by atoms with Gasteiger partial charge in [-0.3, -0.25) is 14.5 Å². The Hall–Kier alpha value is -4.49. The third kappa shape index (κ3) is 5.45. The zero-order valence-corrected chi connectivity index (χ0v) is 23.5. The molecule has 12 nitrogen and oxygen atoms in total. The largest absolute Gasteiger partial charge is 0.376 e. The highest BCUT2D eigenvalue weighted by molar-refractivity contribution is 7.10. The first kappa shape index (κ1) is 26.7. The van der Waals surface area contributed by atoms with Crippen molar-refractivity contribution in [1.82, 2.24) is 40.5 Å². The number of rotatable bonds is 9. The topological polar surface area (TPSA) is 133 Å². The molecule has 3 aromatic heterocycles. The van der Waals surface area contributed by atoms with E-state index in [1.807, 2.05) is 67.8 Å². The number of anilines is 1. The van der Waals surface area contributed by atoms with Gasteiger partial charge < -0.3 is 10.1 Å². The van der Waals surface area contributed by atoms with Crippen molar-refractivity contribution in [2.45, 2.75) is 45.4 Å². The number of benzene rings is 2. The third-order valence-corrected chi connectivity index (χ3v) is 8.28. The van der Waals surface area contributed by atoms with Gasteiger partial charge in [0.05, 0.1) is 17.3 Å². The molecule has 0 radical (unpaired) electrons. The van der Waals surface area contributed by atoms with Crippen LogP contribution in [0, 0.1) is 13.8 Å². The lowest BCUT2D eigenvalue weighted by Gasteiger charge is -2.32. The van der Waals surface area contributed by atoms with E-state index < -0.39 is 6.04 Å². The quantitative estimate of drug-likeness (QED) is 0.285. The number of ether oxygens (including phenoxy) is 1. The van der Waals surface area contributed by atoms with Crippen molar-refractivity contribution in [3.05, 3.63) is 76.2 Å². The molecule has 0 spiro atoms. The number of tetrazole rings is 1. The molecule has 6 rings (SSSR count). The van der Waals surface area contributed by atoms with Crippen LogP contribution >= 0.6 is 11.3 Å². The minimum Gasteiger partial charge on any atom is -0.376 e. The second-order valence-corrected chi connectivity index (χ2v) is 10.9. The normalized spacial score (nSPS) is 15.7. The number of carbonyl (C=O) groups excluding carboxylic acids is 2. The number of aryl methyl sites for hydroxylation is 2. The van der Waals surface area contributed by atoms with Crippen LogP contribution in [0.25, 0.3) is 16.7 Å². The summed E-state index contributed by atoms with van der Waals surface area (Å²) in [6.45, 7) is 4.83. The Bertz CT molecular complexity index is 1670. The zero-order valence-electron chi connectivity index (χ0n) is 22.7. The second-order valence-electron chi connectivity index (χ2n) is 9.98. The van der Waals surface area contributed by atoms with Crippen LogP contribution < -0.4 is 10.2 Å². The number of hydrogen-bond acceptors (Lipinski definition) is 9. The summed E-state index contributed by atoms with van der Waals surface area (Å²) >= 11 is 1.45. The van der Waals surface area contributed by atoms with Crippen LogP contribution in [0.15, 0.2) is 60.2 Å². The summed E-state index contributed by atoms with van der Waals surface area (Å²) in [6.07, 6.45) is 3.34. The number of amides is 2. The molecule has 1 saturated heterocycles. The predicted octanol–water partition coefficient (Wildman–Crippen LogP) is 3.16. The fourth-order valence-corrected chi connectivity index (χ4v) is 6.14. The van der Waals surface area contributed by atoms with E-state index in [9.17, 15) is 9.59 Å². The maximum atomic E-state index is 14.3. The molecule has 1 aliphatic rings. The van der Waals surface area contributed by atoms with Crippen molar-refractivity contribution in [1.29, 1.82) is 0 Å². The summed E-state index contributed by atoms with van der Waals surface area (Å²) in [5, 5.41) is 24.9. The molecule has 13 heteroatoms. The van der Waals surface area contributed by atoms with Crippen LogP contribution in [0.4, 0.5) is 5.69 Å². The third-order valence-electron chi connectivity index (χ3n) is 7.21. The Morgan fingerprint density at radius 1 is 1.15 bits per heavy atom. The molecule has 2 atom stereocenters. The maximum Gasteiger partial charge on any atom is 0.249 e. The summed E-state index contributed by atoms with van der Waals surface area (Å²) in [4.78, 5) is 30.6. The molecule has 1 fully saturated rings. The van der Waals surface area contributed by atoms with Crippen LogP contribution in [-0.2, 0) is 20.9 Å². The van der Waals surface area contributed by atoms with E-state index >= 15 is 0 Å². The molecule has 4 heterocycles. The van der Waals surface area contributed by atoms with E-state index in [0.29, 0.717) is 24.4 Å². The average molecular weight is 572 g/mol. The van der Waals surface area contributed by atoms with Gasteiger partial charge in [0.15, 0.2) is 0 Å². The van der Waals surface area contributed by atoms with Crippen LogP contribution in [0.2, 0.25) is 0 Å². The van der Waals surface area contributed by atoms with Gasteiger partial charge >= 0.3 is 0 Å². The molecular formula is C28H29N9O3S. The molecule has 5 aromatic rings. The Kier molecular flexibility index (Phi) is 7.53. The van der Waals surface area contributed by atoms with Crippen molar-refractivity contribution in [2.75, 3.05) is 18.1 Å². The minimum absolute atomic E-state index is 0.0347. The monoisotopic (exact) mass is 571 g/mol. The fourth-order valence-electron chi connectivity index (χ4n) is 5.13. The average Bonchev–Trinajstić information content (AvgIpc) is 3.80. The summed E-state index contributed by atoms with van der Waals surface area (Å²) in [5.74, 6) is -0.578. The van der Waals surface area contributed by atoms with E-state index in [1.54, 1.807) is 14.3 Å². The molecular weight excluding hydrogens is 542 g/mol. The molecule has 0 saturated carbocycles. The number of aromatic nitrogens is 7. The molecule has 1 N–H and O–H groups in total. The number of thiophene rings is 1. The van der Waals surface area contributed by atoms with Crippen molar-refractivity contribution in [3.63, 3.8) is 0 Å². The van der Waals surface area contributed by atoms with Crippen LogP contribution in [-0.4, -0.2) is 66.3 Å². The van der Waals surface area contributed by atoms with Crippen molar-refractivity contribution in [2.24, 2.45) is 0 Å². The van der Waals surface area contributed by atoms with Gasteiger partial charge in [0.25, 0.3) is 0 Å². The summed E-state index contributed by atoms with van der Waals surface area (Å²) in [7, 11) is 0. The molecule has 210 valence electrons. The van der Waals surface area contributed by atoms with Crippen LogP contribution in [0.1, 0.15) is 34.9 Å². The fraction of sp³-hybridized carbons (Fsp3) is 0.321. The number of nitrogens with one attached hydrogen (secondary N) is 1. The SMILES string of the molecule is Cc1cc(N(C(=O)Cn2nnc3ccccc32)C(C(=O)NCC2CCCO2)c2sccc2C)ccc1-n1cnnn1. The van der Waals surface area contributed by atoms with Crippen LogP contribution in [0.5, 0.6) is 0 Å². The highest BCUT2D eigenvalue weighted by Crippen LogP contribution is 2.35. The smallest absolute Gasteiger partial charge is 0.249 e. The van der Waals surface area contributed by atoms with E-state index in [-0.39, 0.29) is 24.5 Å². The Balaban J connectivity index is 1.41. The maximum absolute atomic E-state index is 14.3. The first-order valence-electron chi connectivity index (χ1n) is 13.4. The van der Waals surface area contributed by atoms with Gasteiger partial charge in [0.1, 0.15) is 24.4 Å². The molecule has 1 aliphatic heterocycles. The van der Waals surface area contributed by atoms with Crippen LogP contribution in [0.3, 0.4) is 0 Å². The molecule has 0 bridgehead atoms. The zero-order chi connectivity index (χ0) is 28.3. The van der Waals surface area contributed by atoms with Gasteiger partial charge in [-0.15, -0.1) is 21.5 Å². The lowest BCUT2D eigenvalue weighted by atomic mass is 10.1. The van der Waals surface area contributed by atoms with Gasteiger partial charge in [-0.2, -0.15) is 0 Å². The number of carbonyl (C=O) groups is 2. The second kappa shape index (κ2) is 11.6. The van der Waals surface area contributed by atoms with Crippen molar-refractivity contribution >= 4 is 39.9 Å². The standard InChI is InChI=1S/C28H29N9O3S/c1-18-11-13-41-27(18)26(28(39)29-15-21-6-5-12-40-21)37(20-9-10-23(19(2)14-20)36-17-30-32-34-36)25(38)16-35-24-8-4-3-7-22(24)31-33-35/h3-4,7-11,13-14,17,21,26H,5-6,12,15-16H2,1-2H3,(H,29,39). The highest BCUT2D eigenvalue weighted by Gasteiger charge is 2.35. The summed E-state index contributed by atoms with van der Waals surface area (Å²) in [6, 6.07) is 14.0. The van der Waals surface area contributed by atoms with Crippen molar-refractivity contribution in [3.8, 4) is 5.69 Å². The minimum atomic E-state index is -0.906. The first-order valence-corrected chi connectivity index (χ1v) is 14.2. The van der Waals surface area contributed by atoms with Gasteiger partial charge in [0.2, 0.25) is 11.8 Å². The number of nitrogens with zero attached hydrogens (tertiary/aromatic N) is 8. The van der Waals surface area contributed by atoms with Gasteiger partial charge in [-0.1, -0.05) is 17.3 Å². The predicted molar refractivity (Wildman–Crippen MR) is 153 cm³/mol. The Morgan fingerprint density at radius 3 is 2.76 bits per heavy atom. The van der Waals surface area contributed by atoms with Gasteiger partial charge in [-0.25, -0.2) is 9.36 Å². The van der Waals surface area contributed by atoms with E-state index in [0.717, 1.165) is 40.0 Å². The molecule has 2 unspecified atom stereocenters. The lowest BCUT2D eigenvalue weighted by Crippen LogP contribution is -2.46. The summed E-state index contributed by atoms with van der Waals surface area (Å²) in [5.41, 5.74) is 4.52. The number of para-hydroxylation sites is 1. The highest BCUT2D eigenvalue weighted by atomic mass is 32.1. The summed E-state index contributed by atoms with van der Waals surface area (Å²) < 4.78 is 8.86. The van der Waals surface area contributed by atoms with Crippen molar-refractivity contribution < 1.29 is 14.3 Å². The number of hydrogen-bond donors (Lipinski definition) is 1. The molecule has 2 aromatic carbocycles. The van der Waals surface area contributed by atoms with E-state index in [4.69, 9.17) is 4.74 Å². The van der Waals surface area contributed by atoms with E-state index in [1.165, 1.54) is 17.7 Å². The first-order chi connectivity index (χ1) is 20.0. The lowest BCUT2D eigenvalue weighted by molar-refractivity contribution is -0.127. The van der Waals surface area contributed by atoms with E-state index in [2.05, 4.69) is 31.2 Å².